The van der Waals surface area contributed by atoms with Crippen LogP contribution in [0.3, 0.4) is 0 Å². The van der Waals surface area contributed by atoms with Gasteiger partial charge in [-0.15, -0.1) is 0 Å². The number of halogens is 1. The van der Waals surface area contributed by atoms with E-state index in [0.717, 1.165) is 12.0 Å². The summed E-state index contributed by atoms with van der Waals surface area (Å²) >= 11 is 6.25. The number of methoxy groups -OCH3 is 1. The molecule has 0 aromatic heterocycles. The predicted molar refractivity (Wildman–Crippen MR) is 104 cm³/mol. The van der Waals surface area contributed by atoms with E-state index in [1.54, 1.807) is 12.1 Å². The van der Waals surface area contributed by atoms with Crippen molar-refractivity contribution in [1.29, 1.82) is 0 Å². The molecule has 2 atom stereocenters. The molecule has 0 saturated carbocycles. The Morgan fingerprint density at radius 1 is 1.40 bits per heavy atom. The minimum Gasteiger partial charge on any atom is -0.493 e. The molecule has 0 bridgehead atoms. The fourth-order valence-corrected chi connectivity index (χ4v) is 4.20. The highest BCUT2D eigenvalue weighted by Crippen LogP contribution is 2.43. The predicted octanol–water partition coefficient (Wildman–Crippen LogP) is 1.44. The Morgan fingerprint density at radius 3 is 2.67 bits per heavy atom. The molecule has 2 fully saturated rings. The van der Waals surface area contributed by atoms with Gasteiger partial charge in [-0.1, -0.05) is 11.6 Å². The summed E-state index contributed by atoms with van der Waals surface area (Å²) in [5.41, 5.74) is -0.0314. The molecule has 0 unspecified atom stereocenters. The summed E-state index contributed by atoms with van der Waals surface area (Å²) in [5.74, 6) is -1.36. The maximum atomic E-state index is 11.9. The molecular weight excluding hydrogens is 422 g/mol. The van der Waals surface area contributed by atoms with Crippen LogP contribution in [0.15, 0.2) is 12.1 Å². The summed E-state index contributed by atoms with van der Waals surface area (Å²) in [4.78, 5) is 33.0. The number of likely N-dealkylation sites (tertiary alicyclic amines) is 1. The number of hydrogen-bond acceptors (Lipinski definition) is 7. The van der Waals surface area contributed by atoms with Crippen LogP contribution in [0.5, 0.6) is 11.5 Å². The lowest BCUT2D eigenvalue weighted by molar-refractivity contribution is -0.159. The summed E-state index contributed by atoms with van der Waals surface area (Å²) in [6, 6.07) is 3.42. The van der Waals surface area contributed by atoms with E-state index in [4.69, 9.17) is 40.8 Å². The van der Waals surface area contributed by atoms with E-state index in [2.05, 4.69) is 4.90 Å². The molecule has 11 heteroatoms. The standard InChI is InChI=1S/C18H22ClNO7.CH2O2/c1-25-14-5-11(4-13(19)16(14)27-8-15(21)22)6-20-7-12-2-3-26-10-18(12,9-20)17(23)24;2-1-3/h4-5,12H,2-3,6-10H2,1H3,(H,21,22)(H,23,24);1H,(H,2,3)/t12-,18+;/m0./s1. The van der Waals surface area contributed by atoms with Crippen LogP contribution in [0.1, 0.15) is 12.0 Å². The summed E-state index contributed by atoms with van der Waals surface area (Å²) in [5, 5.41) is 25.6. The van der Waals surface area contributed by atoms with Crippen LogP contribution in [0, 0.1) is 11.3 Å². The fourth-order valence-electron chi connectivity index (χ4n) is 3.91. The molecule has 0 radical (unpaired) electrons. The molecule has 3 rings (SSSR count). The highest BCUT2D eigenvalue weighted by molar-refractivity contribution is 6.32. The van der Waals surface area contributed by atoms with Crippen LogP contribution in [-0.2, 0) is 25.7 Å². The Hall–Kier alpha value is -2.56. The topological polar surface area (TPSA) is 143 Å². The summed E-state index contributed by atoms with van der Waals surface area (Å²) < 4.78 is 15.9. The first kappa shape index (κ1) is 23.7. The minimum atomic E-state index is -1.11. The Labute approximate surface area is 177 Å². The lowest BCUT2D eigenvalue weighted by Crippen LogP contribution is -2.46. The number of carboxylic acid groups (broad SMARTS) is 3. The second kappa shape index (κ2) is 10.5. The molecule has 1 aromatic rings. The van der Waals surface area contributed by atoms with Crippen LogP contribution in [0.2, 0.25) is 5.02 Å². The first-order valence-corrected chi connectivity index (χ1v) is 9.47. The number of rotatable bonds is 7. The van der Waals surface area contributed by atoms with Crippen molar-refractivity contribution in [3.8, 4) is 11.5 Å². The third kappa shape index (κ3) is 5.32. The molecule has 166 valence electrons. The quantitative estimate of drug-likeness (QED) is 0.527. The van der Waals surface area contributed by atoms with Gasteiger partial charge in [0.2, 0.25) is 0 Å². The van der Waals surface area contributed by atoms with E-state index in [-0.39, 0.29) is 29.8 Å². The second-order valence-corrected chi connectivity index (χ2v) is 7.47. The normalized spacial score (nSPS) is 22.9. The lowest BCUT2D eigenvalue weighted by Gasteiger charge is -2.34. The Morgan fingerprint density at radius 2 is 2.10 bits per heavy atom. The Kier molecular flexibility index (Phi) is 8.27. The van der Waals surface area contributed by atoms with E-state index in [1.807, 2.05) is 0 Å². The maximum Gasteiger partial charge on any atom is 0.341 e. The Balaban J connectivity index is 0.00000101. The van der Waals surface area contributed by atoms with Gasteiger partial charge in [0, 0.05) is 26.2 Å². The number of carboxylic acids is 2. The molecule has 3 N–H and O–H groups in total. The average Bonchev–Trinajstić information content (AvgIpc) is 3.06. The van der Waals surface area contributed by atoms with Gasteiger partial charge in [0.05, 0.1) is 18.7 Å². The van der Waals surface area contributed by atoms with Crippen molar-refractivity contribution in [2.24, 2.45) is 11.3 Å². The van der Waals surface area contributed by atoms with E-state index < -0.39 is 24.0 Å². The third-order valence-electron chi connectivity index (χ3n) is 5.20. The van der Waals surface area contributed by atoms with Crippen molar-refractivity contribution in [2.75, 3.05) is 40.0 Å². The van der Waals surface area contributed by atoms with Gasteiger partial charge in [0.1, 0.15) is 5.41 Å². The van der Waals surface area contributed by atoms with Gasteiger partial charge in [0.15, 0.2) is 18.1 Å². The van der Waals surface area contributed by atoms with Gasteiger partial charge in [-0.3, -0.25) is 14.5 Å². The van der Waals surface area contributed by atoms with Gasteiger partial charge >= 0.3 is 11.9 Å². The summed E-state index contributed by atoms with van der Waals surface area (Å²) in [6.07, 6.45) is 0.731. The lowest BCUT2D eigenvalue weighted by atomic mass is 9.76. The minimum absolute atomic E-state index is 0.0549. The molecule has 0 amide bonds. The zero-order valence-corrected chi connectivity index (χ0v) is 17.1. The number of ether oxygens (including phenoxy) is 3. The zero-order chi connectivity index (χ0) is 22.3. The Bertz CT molecular complexity index is 788. The second-order valence-electron chi connectivity index (χ2n) is 7.07. The smallest absolute Gasteiger partial charge is 0.341 e. The van der Waals surface area contributed by atoms with Crippen molar-refractivity contribution in [1.82, 2.24) is 4.90 Å². The van der Waals surface area contributed by atoms with Gasteiger partial charge < -0.3 is 29.5 Å². The molecule has 0 spiro atoms. The van der Waals surface area contributed by atoms with Gasteiger partial charge in [-0.05, 0) is 30.0 Å². The molecule has 0 aliphatic carbocycles. The van der Waals surface area contributed by atoms with E-state index >= 15 is 0 Å². The zero-order valence-electron chi connectivity index (χ0n) is 16.4. The molecule has 2 aliphatic rings. The van der Waals surface area contributed by atoms with Crippen molar-refractivity contribution >= 4 is 30.0 Å². The molecule has 30 heavy (non-hydrogen) atoms. The van der Waals surface area contributed by atoms with E-state index in [1.165, 1.54) is 7.11 Å². The fraction of sp³-hybridized carbons (Fsp3) is 0.526. The van der Waals surface area contributed by atoms with Crippen molar-refractivity contribution in [3.63, 3.8) is 0 Å². The van der Waals surface area contributed by atoms with Crippen LogP contribution in [0.4, 0.5) is 0 Å². The van der Waals surface area contributed by atoms with Crippen molar-refractivity contribution in [2.45, 2.75) is 13.0 Å². The highest BCUT2D eigenvalue weighted by atomic mass is 35.5. The number of hydrogen-bond donors (Lipinski definition) is 3. The molecule has 1 aromatic carbocycles. The third-order valence-corrected chi connectivity index (χ3v) is 5.48. The average molecular weight is 446 g/mol. The number of carbonyl (C=O) groups is 3. The maximum absolute atomic E-state index is 11.9. The number of fused-ring (bicyclic) bond motifs is 1. The summed E-state index contributed by atoms with van der Waals surface area (Å²) in [6.45, 7) is 1.63. The number of nitrogens with zero attached hydrogens (tertiary/aromatic N) is 1. The largest absolute Gasteiger partial charge is 0.493 e. The highest BCUT2D eigenvalue weighted by Gasteiger charge is 2.53. The molecule has 10 nitrogen and oxygen atoms in total. The van der Waals surface area contributed by atoms with Crippen molar-refractivity contribution < 1.29 is 43.9 Å². The van der Waals surface area contributed by atoms with Gasteiger partial charge in [-0.2, -0.15) is 0 Å². The first-order valence-electron chi connectivity index (χ1n) is 9.09. The van der Waals surface area contributed by atoms with Crippen LogP contribution in [-0.4, -0.2) is 78.7 Å². The first-order chi connectivity index (χ1) is 14.3. The van der Waals surface area contributed by atoms with Crippen LogP contribution >= 0.6 is 11.6 Å². The number of aliphatic carboxylic acids is 2. The van der Waals surface area contributed by atoms with Crippen LogP contribution < -0.4 is 9.47 Å². The molecule has 2 aliphatic heterocycles. The van der Waals surface area contributed by atoms with E-state index in [0.29, 0.717) is 32.0 Å². The summed E-state index contributed by atoms with van der Waals surface area (Å²) in [7, 11) is 1.45. The molecular formula is C19H24ClNO9. The van der Waals surface area contributed by atoms with Gasteiger partial charge in [-0.25, -0.2) is 4.79 Å². The van der Waals surface area contributed by atoms with E-state index in [9.17, 15) is 14.7 Å². The molecule has 2 heterocycles. The monoisotopic (exact) mass is 445 g/mol. The van der Waals surface area contributed by atoms with Crippen LogP contribution in [0.25, 0.3) is 0 Å². The molecule has 2 saturated heterocycles. The SMILES string of the molecule is COc1cc(CN2C[C@@H]3CCOC[C@]3(C(=O)O)C2)cc(Cl)c1OCC(=O)O.O=CO. The number of benzene rings is 1. The van der Waals surface area contributed by atoms with Crippen molar-refractivity contribution in [3.05, 3.63) is 22.7 Å². The van der Waals surface area contributed by atoms with Gasteiger partial charge in [0.25, 0.3) is 6.47 Å².